The highest BCUT2D eigenvalue weighted by Crippen LogP contribution is 2.50. The van der Waals surface area contributed by atoms with Crippen molar-refractivity contribution in [2.75, 3.05) is 4.90 Å². The van der Waals surface area contributed by atoms with Crippen molar-refractivity contribution in [2.24, 2.45) is 23.7 Å². The smallest absolute Gasteiger partial charge is 0.238 e. The Labute approximate surface area is 127 Å². The Hall–Kier alpha value is -2.43. The van der Waals surface area contributed by atoms with E-state index >= 15 is 0 Å². The molecule has 110 valence electrons. The molecular formula is C17H15N3O2. The average molecular weight is 293 g/mol. The van der Waals surface area contributed by atoms with E-state index in [0.717, 1.165) is 23.7 Å². The minimum absolute atomic E-state index is 0.0307. The first kappa shape index (κ1) is 12.1. The van der Waals surface area contributed by atoms with Crippen molar-refractivity contribution in [3.8, 4) is 0 Å². The normalized spacial score (nSPS) is 33.0. The van der Waals surface area contributed by atoms with Gasteiger partial charge in [0, 0.05) is 5.39 Å². The maximum absolute atomic E-state index is 12.9. The molecular weight excluding hydrogens is 278 g/mol. The Morgan fingerprint density at radius 2 is 1.73 bits per heavy atom. The standard InChI is InChI=1S/C17H15N3O2/c21-16-14-9-1-2-10(4-3-9)15(14)17(22)20(16)12-5-6-13-11(7-12)8-18-19-13/h1-2,5-10,14-15H,3-4H2,(H,18,19)/t9-,10+,14-,15?/m1/s1. The zero-order valence-corrected chi connectivity index (χ0v) is 11.9. The summed E-state index contributed by atoms with van der Waals surface area (Å²) >= 11 is 0. The first-order chi connectivity index (χ1) is 10.7. The molecule has 1 saturated heterocycles. The fraction of sp³-hybridized carbons (Fsp3) is 0.353. The number of benzene rings is 1. The zero-order chi connectivity index (χ0) is 14.8. The van der Waals surface area contributed by atoms with Gasteiger partial charge in [0.2, 0.25) is 11.8 Å². The Morgan fingerprint density at radius 1 is 1.05 bits per heavy atom. The first-order valence-electron chi connectivity index (χ1n) is 7.73. The molecule has 2 fully saturated rings. The monoisotopic (exact) mass is 293 g/mol. The van der Waals surface area contributed by atoms with Crippen LogP contribution >= 0.6 is 0 Å². The van der Waals surface area contributed by atoms with E-state index in [9.17, 15) is 9.59 Å². The predicted octanol–water partition coefficient (Wildman–Crippen LogP) is 2.26. The average Bonchev–Trinajstić information content (AvgIpc) is 3.12. The molecule has 4 atom stereocenters. The highest BCUT2D eigenvalue weighted by molar-refractivity contribution is 6.23. The molecule has 1 unspecified atom stereocenters. The van der Waals surface area contributed by atoms with Crippen molar-refractivity contribution < 1.29 is 9.59 Å². The van der Waals surface area contributed by atoms with Gasteiger partial charge in [-0.15, -0.1) is 0 Å². The van der Waals surface area contributed by atoms with Gasteiger partial charge < -0.3 is 0 Å². The topological polar surface area (TPSA) is 66.1 Å². The van der Waals surface area contributed by atoms with Crippen LogP contribution in [-0.4, -0.2) is 22.0 Å². The molecule has 5 heteroatoms. The molecule has 2 amide bonds. The van der Waals surface area contributed by atoms with Gasteiger partial charge in [0.25, 0.3) is 0 Å². The van der Waals surface area contributed by atoms with Crippen molar-refractivity contribution in [3.05, 3.63) is 36.5 Å². The molecule has 4 aliphatic rings. The number of carbonyl (C=O) groups excluding carboxylic acids is 2. The van der Waals surface area contributed by atoms with Gasteiger partial charge in [-0.25, -0.2) is 4.90 Å². The van der Waals surface area contributed by atoms with Gasteiger partial charge in [-0.2, -0.15) is 5.10 Å². The van der Waals surface area contributed by atoms with Crippen LogP contribution in [0, 0.1) is 23.7 Å². The lowest BCUT2D eigenvalue weighted by atomic mass is 9.63. The second kappa shape index (κ2) is 4.06. The van der Waals surface area contributed by atoms with E-state index in [2.05, 4.69) is 22.3 Å². The molecule has 0 spiro atoms. The van der Waals surface area contributed by atoms with Crippen LogP contribution in [0.4, 0.5) is 5.69 Å². The minimum Gasteiger partial charge on any atom is -0.278 e. The fourth-order valence-corrected chi connectivity index (χ4v) is 4.40. The number of aromatic nitrogens is 2. The van der Waals surface area contributed by atoms with Crippen LogP contribution in [0.25, 0.3) is 10.9 Å². The van der Waals surface area contributed by atoms with Gasteiger partial charge in [0.05, 0.1) is 29.2 Å². The summed E-state index contributed by atoms with van der Waals surface area (Å²) in [5.74, 6) is 0.0876. The van der Waals surface area contributed by atoms with E-state index in [1.165, 1.54) is 4.90 Å². The number of hydrogen-bond donors (Lipinski definition) is 1. The number of anilines is 1. The van der Waals surface area contributed by atoms with Crippen molar-refractivity contribution in [1.82, 2.24) is 10.2 Å². The van der Waals surface area contributed by atoms with Gasteiger partial charge in [0.1, 0.15) is 0 Å². The third-order valence-electron chi connectivity index (χ3n) is 5.44. The van der Waals surface area contributed by atoms with Crippen molar-refractivity contribution in [1.29, 1.82) is 0 Å². The minimum atomic E-state index is -0.156. The molecule has 1 N–H and O–H groups in total. The van der Waals surface area contributed by atoms with Gasteiger partial charge in [-0.05, 0) is 42.9 Å². The van der Waals surface area contributed by atoms with E-state index in [1.807, 2.05) is 18.2 Å². The summed E-state index contributed by atoms with van der Waals surface area (Å²) in [4.78, 5) is 27.1. The number of fused-ring (bicyclic) bond motifs is 2. The molecule has 5 nitrogen and oxygen atoms in total. The van der Waals surface area contributed by atoms with Crippen molar-refractivity contribution in [3.63, 3.8) is 0 Å². The van der Waals surface area contributed by atoms with Crippen LogP contribution in [0.3, 0.4) is 0 Å². The molecule has 2 aromatic rings. The number of nitrogens with one attached hydrogen (secondary N) is 1. The summed E-state index contributed by atoms with van der Waals surface area (Å²) in [6.45, 7) is 0. The van der Waals surface area contributed by atoms with E-state index in [-0.39, 0.29) is 35.5 Å². The molecule has 1 aromatic carbocycles. The maximum Gasteiger partial charge on any atom is 0.238 e. The van der Waals surface area contributed by atoms with Crippen LogP contribution in [0.1, 0.15) is 12.8 Å². The highest BCUT2D eigenvalue weighted by Gasteiger charge is 2.56. The molecule has 6 rings (SSSR count). The summed E-state index contributed by atoms with van der Waals surface area (Å²) in [6, 6.07) is 5.55. The van der Waals surface area contributed by atoms with Crippen LogP contribution in [0.5, 0.6) is 0 Å². The first-order valence-corrected chi connectivity index (χ1v) is 7.73. The highest BCUT2D eigenvalue weighted by atomic mass is 16.2. The number of amides is 2. The Balaban J connectivity index is 1.61. The number of allylic oxidation sites excluding steroid dienone is 2. The molecule has 22 heavy (non-hydrogen) atoms. The third-order valence-corrected chi connectivity index (χ3v) is 5.44. The summed E-state index contributed by atoms with van der Waals surface area (Å²) in [6.07, 6.45) is 8.04. The number of carbonyl (C=O) groups is 2. The maximum atomic E-state index is 12.9. The number of aromatic amines is 1. The molecule has 1 saturated carbocycles. The number of H-pyrrole nitrogens is 1. The van der Waals surface area contributed by atoms with Crippen LogP contribution in [0.2, 0.25) is 0 Å². The Morgan fingerprint density at radius 3 is 2.36 bits per heavy atom. The molecule has 1 aliphatic heterocycles. The third kappa shape index (κ3) is 1.41. The quantitative estimate of drug-likeness (QED) is 0.648. The number of hydrogen-bond acceptors (Lipinski definition) is 3. The zero-order valence-electron chi connectivity index (χ0n) is 11.9. The lowest BCUT2D eigenvalue weighted by Crippen LogP contribution is -2.38. The van der Waals surface area contributed by atoms with Crippen LogP contribution < -0.4 is 4.90 Å². The second-order valence-corrected chi connectivity index (χ2v) is 6.49. The largest absolute Gasteiger partial charge is 0.278 e. The SMILES string of the molecule is O=C1C2[C@H]3C=C[C@H](CC3)[C@H]2C(=O)N1c1ccc2[nH]ncc2c1. The molecule has 2 heterocycles. The number of nitrogens with zero attached hydrogens (tertiary/aromatic N) is 2. The Bertz CT molecular complexity index is 805. The summed E-state index contributed by atoms with van der Waals surface area (Å²) in [7, 11) is 0. The van der Waals surface area contributed by atoms with E-state index in [0.29, 0.717) is 5.69 Å². The van der Waals surface area contributed by atoms with Gasteiger partial charge in [0.15, 0.2) is 0 Å². The van der Waals surface area contributed by atoms with E-state index in [1.54, 1.807) is 6.20 Å². The summed E-state index contributed by atoms with van der Waals surface area (Å²) < 4.78 is 0. The van der Waals surface area contributed by atoms with Gasteiger partial charge in [-0.1, -0.05) is 12.2 Å². The summed E-state index contributed by atoms with van der Waals surface area (Å²) in [5, 5.41) is 7.79. The molecule has 2 bridgehead atoms. The summed E-state index contributed by atoms with van der Waals surface area (Å²) in [5.41, 5.74) is 1.57. The Kier molecular flexibility index (Phi) is 2.24. The predicted molar refractivity (Wildman–Crippen MR) is 80.9 cm³/mol. The number of rotatable bonds is 1. The lowest BCUT2D eigenvalue weighted by molar-refractivity contribution is -0.124. The molecule has 0 radical (unpaired) electrons. The van der Waals surface area contributed by atoms with Crippen LogP contribution in [-0.2, 0) is 9.59 Å². The van der Waals surface area contributed by atoms with Crippen molar-refractivity contribution in [2.45, 2.75) is 12.8 Å². The number of imide groups is 1. The molecule has 1 aromatic heterocycles. The second-order valence-electron chi connectivity index (χ2n) is 6.49. The van der Waals surface area contributed by atoms with E-state index < -0.39 is 0 Å². The van der Waals surface area contributed by atoms with Crippen molar-refractivity contribution >= 4 is 28.4 Å². The van der Waals surface area contributed by atoms with Crippen LogP contribution in [0.15, 0.2) is 36.5 Å². The molecule has 3 aliphatic carbocycles. The van der Waals surface area contributed by atoms with Gasteiger partial charge >= 0.3 is 0 Å². The van der Waals surface area contributed by atoms with Gasteiger partial charge in [-0.3, -0.25) is 14.7 Å². The van der Waals surface area contributed by atoms with E-state index in [4.69, 9.17) is 0 Å². The lowest BCUT2D eigenvalue weighted by Gasteiger charge is -2.38. The fourth-order valence-electron chi connectivity index (χ4n) is 4.40.